The lowest BCUT2D eigenvalue weighted by molar-refractivity contribution is 0.108. The van der Waals surface area contributed by atoms with E-state index in [0.29, 0.717) is 40.4 Å². The minimum absolute atomic E-state index is 0.0170. The van der Waals surface area contributed by atoms with Gasteiger partial charge in [-0.3, -0.25) is 4.90 Å². The monoisotopic (exact) mass is 530 g/mol. The minimum atomic E-state index is -0.676. The second-order valence-corrected chi connectivity index (χ2v) is 11.6. The predicted molar refractivity (Wildman–Crippen MR) is 147 cm³/mol. The molecule has 2 aliphatic heterocycles. The number of hydrogen-bond donors (Lipinski definition) is 2. The van der Waals surface area contributed by atoms with E-state index in [9.17, 15) is 0 Å². The molecule has 0 atom stereocenters. The van der Waals surface area contributed by atoms with Gasteiger partial charge in [0.25, 0.3) is 0 Å². The van der Waals surface area contributed by atoms with Crippen molar-refractivity contribution in [3.8, 4) is 17.3 Å². The van der Waals surface area contributed by atoms with Gasteiger partial charge in [0.15, 0.2) is 5.82 Å². The Morgan fingerprint density at radius 2 is 1.64 bits per heavy atom. The van der Waals surface area contributed by atoms with Gasteiger partial charge < -0.3 is 16.2 Å². The Hall–Kier alpha value is -3.43. The Morgan fingerprint density at radius 3 is 2.36 bits per heavy atom. The van der Waals surface area contributed by atoms with Crippen LogP contribution in [0.25, 0.3) is 32.9 Å². The molecule has 0 unspecified atom stereocenters. The van der Waals surface area contributed by atoms with Crippen LogP contribution in [0, 0.1) is 11.6 Å². The van der Waals surface area contributed by atoms with Gasteiger partial charge >= 0.3 is 6.01 Å². The van der Waals surface area contributed by atoms with Crippen molar-refractivity contribution in [1.82, 2.24) is 19.9 Å². The SMILES string of the molecule is Nc1nc(OCC23CCCN2CCC3)nc2c(F)c(-c3cccc4cccc(F)c34)nc(CC3(N)CCC3)c12. The average molecular weight is 531 g/mol. The summed E-state index contributed by atoms with van der Waals surface area (Å²) >= 11 is 0. The van der Waals surface area contributed by atoms with Crippen molar-refractivity contribution in [2.75, 3.05) is 25.4 Å². The number of hydrogen-bond acceptors (Lipinski definition) is 7. The molecule has 4 heterocycles. The number of benzene rings is 2. The number of ether oxygens (including phenoxy) is 1. The van der Waals surface area contributed by atoms with Gasteiger partial charge in [-0.15, -0.1) is 0 Å². The van der Waals surface area contributed by atoms with E-state index in [-0.39, 0.29) is 28.6 Å². The predicted octanol–water partition coefficient (Wildman–Crippen LogP) is 5.14. The number of anilines is 1. The summed E-state index contributed by atoms with van der Waals surface area (Å²) in [6.45, 7) is 2.57. The molecule has 0 spiro atoms. The second-order valence-electron chi connectivity index (χ2n) is 11.6. The standard InChI is InChI=1S/C30H32F2N6O/c31-20-9-2-7-18-6-1-8-19(22(18)20)25-24(32)26-23(21(35-25)16-29(34)10-3-11-29)27(33)37-28(36-26)39-17-30-12-4-14-38(30)15-5-13-30/h1-2,6-9H,3-5,10-17,34H2,(H2,33,36,37). The van der Waals surface area contributed by atoms with Crippen molar-refractivity contribution < 1.29 is 13.5 Å². The van der Waals surface area contributed by atoms with Crippen LogP contribution in [-0.4, -0.2) is 50.6 Å². The van der Waals surface area contributed by atoms with Crippen molar-refractivity contribution >= 4 is 27.5 Å². The number of pyridine rings is 1. The topological polar surface area (TPSA) is 103 Å². The number of halogens is 2. The Morgan fingerprint density at radius 1 is 0.897 bits per heavy atom. The first kappa shape index (κ1) is 24.6. The van der Waals surface area contributed by atoms with Gasteiger partial charge in [0, 0.05) is 22.9 Å². The molecule has 2 saturated heterocycles. The molecule has 3 fully saturated rings. The van der Waals surface area contributed by atoms with E-state index in [1.54, 1.807) is 30.3 Å². The third-order valence-electron chi connectivity index (χ3n) is 9.13. The summed E-state index contributed by atoms with van der Waals surface area (Å²) in [6.07, 6.45) is 7.51. The number of aromatic nitrogens is 3. The fourth-order valence-electron chi connectivity index (χ4n) is 6.92. The van der Waals surface area contributed by atoms with Crippen LogP contribution in [0.2, 0.25) is 0 Å². The third kappa shape index (κ3) is 4.02. The summed E-state index contributed by atoms with van der Waals surface area (Å²) < 4.78 is 37.6. The first-order valence-corrected chi connectivity index (χ1v) is 13.9. The molecule has 4 N–H and O–H groups in total. The maximum Gasteiger partial charge on any atom is 0.319 e. The van der Waals surface area contributed by atoms with Gasteiger partial charge in [-0.1, -0.05) is 30.3 Å². The van der Waals surface area contributed by atoms with Crippen LogP contribution in [0.15, 0.2) is 36.4 Å². The maximum atomic E-state index is 16.4. The molecular formula is C30H32F2N6O. The summed E-state index contributed by atoms with van der Waals surface area (Å²) in [6, 6.07) is 10.1. The summed E-state index contributed by atoms with van der Waals surface area (Å²) in [5.74, 6) is -1.00. The summed E-state index contributed by atoms with van der Waals surface area (Å²) in [4.78, 5) is 16.2. The first-order valence-electron chi connectivity index (χ1n) is 13.9. The Bertz CT molecular complexity index is 1590. The molecule has 0 bridgehead atoms. The summed E-state index contributed by atoms with van der Waals surface area (Å²) in [7, 11) is 0. The fourth-order valence-corrected chi connectivity index (χ4v) is 6.92. The normalized spacial score (nSPS) is 19.9. The van der Waals surface area contributed by atoms with Crippen LogP contribution in [0.3, 0.4) is 0 Å². The van der Waals surface area contributed by atoms with Crippen molar-refractivity contribution in [1.29, 1.82) is 0 Å². The molecule has 4 aromatic rings. The van der Waals surface area contributed by atoms with Crippen molar-refractivity contribution in [3.05, 3.63) is 53.7 Å². The van der Waals surface area contributed by atoms with Crippen LogP contribution < -0.4 is 16.2 Å². The zero-order valence-corrected chi connectivity index (χ0v) is 21.9. The maximum absolute atomic E-state index is 16.4. The molecule has 0 amide bonds. The lowest BCUT2D eigenvalue weighted by Crippen LogP contribution is -2.48. The molecule has 2 aromatic carbocycles. The van der Waals surface area contributed by atoms with Crippen LogP contribution >= 0.6 is 0 Å². The molecule has 2 aromatic heterocycles. The largest absolute Gasteiger partial charge is 0.461 e. The molecule has 7 nitrogen and oxygen atoms in total. The summed E-state index contributed by atoms with van der Waals surface area (Å²) in [5, 5.41) is 1.32. The highest BCUT2D eigenvalue weighted by molar-refractivity contribution is 6.00. The smallest absolute Gasteiger partial charge is 0.319 e. The van der Waals surface area contributed by atoms with Crippen LogP contribution in [0.1, 0.15) is 50.6 Å². The number of nitrogens with zero attached hydrogens (tertiary/aromatic N) is 4. The van der Waals surface area contributed by atoms with Gasteiger partial charge in [-0.05, 0) is 69.5 Å². The number of rotatable bonds is 6. The van der Waals surface area contributed by atoms with Crippen molar-refractivity contribution in [2.24, 2.45) is 5.73 Å². The molecular weight excluding hydrogens is 498 g/mol. The molecule has 1 aliphatic carbocycles. The van der Waals surface area contributed by atoms with E-state index in [4.69, 9.17) is 21.2 Å². The van der Waals surface area contributed by atoms with E-state index in [1.807, 2.05) is 0 Å². The van der Waals surface area contributed by atoms with E-state index in [2.05, 4.69) is 14.9 Å². The van der Waals surface area contributed by atoms with Gasteiger partial charge in [0.05, 0.1) is 16.6 Å². The zero-order chi connectivity index (χ0) is 26.8. The number of nitrogen functional groups attached to an aromatic ring is 1. The van der Waals surface area contributed by atoms with Gasteiger partial charge in [0.1, 0.15) is 29.5 Å². The highest BCUT2D eigenvalue weighted by atomic mass is 19.1. The van der Waals surface area contributed by atoms with Crippen molar-refractivity contribution in [3.63, 3.8) is 0 Å². The molecule has 39 heavy (non-hydrogen) atoms. The molecule has 0 radical (unpaired) electrons. The Balaban J connectivity index is 1.38. The Labute approximate surface area is 225 Å². The lowest BCUT2D eigenvalue weighted by atomic mass is 9.74. The van der Waals surface area contributed by atoms with Gasteiger partial charge in [-0.2, -0.15) is 9.97 Å². The quantitative estimate of drug-likeness (QED) is 0.356. The Kier molecular flexibility index (Phi) is 5.72. The van der Waals surface area contributed by atoms with E-state index >= 15 is 8.78 Å². The van der Waals surface area contributed by atoms with Crippen LogP contribution in [0.5, 0.6) is 6.01 Å². The van der Waals surface area contributed by atoms with Crippen LogP contribution in [-0.2, 0) is 6.42 Å². The zero-order valence-electron chi connectivity index (χ0n) is 21.9. The van der Waals surface area contributed by atoms with Gasteiger partial charge in [0.2, 0.25) is 0 Å². The lowest BCUT2D eigenvalue weighted by Gasteiger charge is -2.38. The molecule has 1 saturated carbocycles. The van der Waals surface area contributed by atoms with E-state index < -0.39 is 17.2 Å². The molecule has 9 heteroatoms. The van der Waals surface area contributed by atoms with E-state index in [1.165, 1.54) is 6.07 Å². The number of nitrogens with two attached hydrogens (primary N) is 2. The highest BCUT2D eigenvalue weighted by Crippen LogP contribution is 2.41. The number of fused-ring (bicyclic) bond motifs is 3. The molecule has 3 aliphatic rings. The minimum Gasteiger partial charge on any atom is -0.461 e. The van der Waals surface area contributed by atoms with E-state index in [0.717, 1.165) is 58.0 Å². The molecule has 202 valence electrons. The average Bonchev–Trinajstić information content (AvgIpc) is 3.48. The summed E-state index contributed by atoms with van der Waals surface area (Å²) in [5.41, 5.74) is 13.5. The van der Waals surface area contributed by atoms with Gasteiger partial charge in [-0.25, -0.2) is 13.8 Å². The van der Waals surface area contributed by atoms with Crippen molar-refractivity contribution in [2.45, 2.75) is 62.4 Å². The van der Waals surface area contributed by atoms with Crippen LogP contribution in [0.4, 0.5) is 14.6 Å². The second kappa shape index (κ2) is 9.06. The highest BCUT2D eigenvalue weighted by Gasteiger charge is 2.45. The fraction of sp³-hybridized carbons (Fsp3) is 0.433. The molecule has 7 rings (SSSR count). The third-order valence-corrected chi connectivity index (χ3v) is 9.13. The first-order chi connectivity index (χ1) is 18.9.